The fraction of sp³-hybridized carbons (Fsp3) is 0.133. The third kappa shape index (κ3) is 3.76. The Labute approximate surface area is 117 Å². The molecule has 0 radical (unpaired) electrons. The van der Waals surface area contributed by atoms with Gasteiger partial charge in [-0.15, -0.1) is 11.8 Å². The average molecular weight is 273 g/mol. The number of anilines is 1. The van der Waals surface area contributed by atoms with Crippen molar-refractivity contribution < 1.29 is 9.53 Å². The molecular formula is C15H15NO2S. The lowest BCUT2D eigenvalue weighted by molar-refractivity contribution is -0.105. The zero-order valence-corrected chi connectivity index (χ0v) is 11.4. The number of carbonyl (C=O) groups excluding carboxylic acids is 1. The normalized spacial score (nSPS) is 9.95. The van der Waals surface area contributed by atoms with E-state index in [1.165, 1.54) is 5.56 Å². The monoisotopic (exact) mass is 273 g/mol. The van der Waals surface area contributed by atoms with Crippen molar-refractivity contribution in [3.05, 3.63) is 54.1 Å². The van der Waals surface area contributed by atoms with Gasteiger partial charge in [0, 0.05) is 22.4 Å². The van der Waals surface area contributed by atoms with Crippen molar-refractivity contribution in [1.29, 1.82) is 0 Å². The zero-order valence-electron chi connectivity index (χ0n) is 10.6. The minimum atomic E-state index is 0.658. The second-order valence-corrected chi connectivity index (χ2v) is 4.92. The first kappa shape index (κ1) is 13.5. The third-order valence-corrected chi connectivity index (χ3v) is 3.75. The van der Waals surface area contributed by atoms with Crippen LogP contribution >= 0.6 is 11.8 Å². The Morgan fingerprint density at radius 3 is 2.68 bits per heavy atom. The van der Waals surface area contributed by atoms with E-state index in [-0.39, 0.29) is 0 Å². The molecule has 2 aromatic carbocycles. The predicted octanol–water partition coefficient (Wildman–Crippen LogP) is 3.56. The van der Waals surface area contributed by atoms with Crippen LogP contribution < -0.4 is 10.1 Å². The molecule has 0 fully saturated rings. The SMILES string of the molecule is COc1cc(NC=O)ccc1SCc1ccccc1. The molecule has 0 saturated heterocycles. The van der Waals surface area contributed by atoms with Gasteiger partial charge >= 0.3 is 0 Å². The van der Waals surface area contributed by atoms with Crippen LogP contribution in [-0.2, 0) is 10.5 Å². The molecule has 0 aliphatic heterocycles. The lowest BCUT2D eigenvalue weighted by Crippen LogP contribution is -1.95. The Morgan fingerprint density at radius 2 is 2.00 bits per heavy atom. The van der Waals surface area contributed by atoms with Gasteiger partial charge in [-0.2, -0.15) is 0 Å². The Morgan fingerprint density at radius 1 is 1.21 bits per heavy atom. The van der Waals surface area contributed by atoms with Crippen molar-refractivity contribution in [2.45, 2.75) is 10.6 Å². The van der Waals surface area contributed by atoms with Crippen LogP contribution in [0.2, 0.25) is 0 Å². The van der Waals surface area contributed by atoms with E-state index < -0.39 is 0 Å². The number of carbonyl (C=O) groups is 1. The number of amides is 1. The standard InChI is InChI=1S/C15H15NO2S/c1-18-14-9-13(16-11-17)7-8-15(14)19-10-12-5-3-2-4-6-12/h2-9,11H,10H2,1H3,(H,16,17). The Balaban J connectivity index is 2.09. The Hall–Kier alpha value is -1.94. The molecule has 0 atom stereocenters. The number of nitrogens with one attached hydrogen (secondary N) is 1. The van der Waals surface area contributed by atoms with Crippen molar-refractivity contribution in [3.8, 4) is 5.75 Å². The summed E-state index contributed by atoms with van der Waals surface area (Å²) in [6, 6.07) is 15.9. The topological polar surface area (TPSA) is 38.3 Å². The smallest absolute Gasteiger partial charge is 0.211 e. The van der Waals surface area contributed by atoms with Crippen LogP contribution in [0, 0.1) is 0 Å². The molecule has 19 heavy (non-hydrogen) atoms. The second-order valence-electron chi connectivity index (χ2n) is 3.90. The number of rotatable bonds is 6. The van der Waals surface area contributed by atoms with E-state index in [1.54, 1.807) is 18.9 Å². The van der Waals surface area contributed by atoms with E-state index in [9.17, 15) is 4.79 Å². The first-order valence-corrected chi connectivity index (χ1v) is 6.87. The van der Waals surface area contributed by atoms with Crippen molar-refractivity contribution >= 4 is 23.9 Å². The van der Waals surface area contributed by atoms with Crippen LogP contribution in [0.4, 0.5) is 5.69 Å². The van der Waals surface area contributed by atoms with Crippen molar-refractivity contribution in [1.82, 2.24) is 0 Å². The summed E-state index contributed by atoms with van der Waals surface area (Å²) in [4.78, 5) is 11.5. The lowest BCUT2D eigenvalue weighted by Gasteiger charge is -2.10. The van der Waals surface area contributed by atoms with Crippen LogP contribution in [0.25, 0.3) is 0 Å². The fourth-order valence-electron chi connectivity index (χ4n) is 1.68. The molecule has 0 aliphatic carbocycles. The molecule has 3 nitrogen and oxygen atoms in total. The lowest BCUT2D eigenvalue weighted by atomic mass is 10.2. The molecule has 1 N–H and O–H groups in total. The summed E-state index contributed by atoms with van der Waals surface area (Å²) in [7, 11) is 1.63. The minimum Gasteiger partial charge on any atom is -0.496 e. The highest BCUT2D eigenvalue weighted by Gasteiger charge is 2.05. The number of hydrogen-bond acceptors (Lipinski definition) is 3. The Bertz CT molecular complexity index is 543. The van der Waals surface area contributed by atoms with Gasteiger partial charge in [-0.3, -0.25) is 4.79 Å². The number of ether oxygens (including phenoxy) is 1. The van der Waals surface area contributed by atoms with Crippen LogP contribution in [0.1, 0.15) is 5.56 Å². The first-order chi connectivity index (χ1) is 9.33. The molecule has 0 aromatic heterocycles. The summed E-state index contributed by atoms with van der Waals surface area (Å²) in [6.07, 6.45) is 0.658. The van der Waals surface area contributed by atoms with Gasteiger partial charge in [0.2, 0.25) is 6.41 Å². The molecular weight excluding hydrogens is 258 g/mol. The number of thioether (sulfide) groups is 1. The van der Waals surface area contributed by atoms with Crippen LogP contribution in [0.15, 0.2) is 53.4 Å². The molecule has 0 heterocycles. The Kier molecular flexibility index (Phi) is 4.86. The van der Waals surface area contributed by atoms with Crippen LogP contribution in [0.3, 0.4) is 0 Å². The number of hydrogen-bond donors (Lipinski definition) is 1. The molecule has 0 bridgehead atoms. The van der Waals surface area contributed by atoms with Gasteiger partial charge in [0.1, 0.15) is 5.75 Å². The van der Waals surface area contributed by atoms with Gasteiger partial charge < -0.3 is 10.1 Å². The third-order valence-electron chi connectivity index (χ3n) is 2.63. The van der Waals surface area contributed by atoms with Gasteiger partial charge in [-0.05, 0) is 17.7 Å². The van der Waals surface area contributed by atoms with Gasteiger partial charge in [0.25, 0.3) is 0 Å². The summed E-state index contributed by atoms with van der Waals surface area (Å²) in [5.41, 5.74) is 2.00. The molecule has 0 aliphatic rings. The molecule has 0 saturated carbocycles. The zero-order chi connectivity index (χ0) is 13.5. The second kappa shape index (κ2) is 6.85. The molecule has 2 rings (SSSR count). The van der Waals surface area contributed by atoms with E-state index in [0.29, 0.717) is 6.41 Å². The van der Waals surface area contributed by atoms with Gasteiger partial charge in [-0.25, -0.2) is 0 Å². The summed E-state index contributed by atoms with van der Waals surface area (Å²) >= 11 is 1.71. The van der Waals surface area contributed by atoms with E-state index in [1.807, 2.05) is 36.4 Å². The van der Waals surface area contributed by atoms with E-state index in [0.717, 1.165) is 22.1 Å². The summed E-state index contributed by atoms with van der Waals surface area (Å²) in [5.74, 6) is 1.66. The molecule has 2 aromatic rings. The number of methoxy groups -OCH3 is 1. The van der Waals surface area contributed by atoms with Gasteiger partial charge in [-0.1, -0.05) is 30.3 Å². The highest BCUT2D eigenvalue weighted by Crippen LogP contribution is 2.33. The van der Waals surface area contributed by atoms with Crippen molar-refractivity contribution in [3.63, 3.8) is 0 Å². The van der Waals surface area contributed by atoms with Crippen molar-refractivity contribution in [2.24, 2.45) is 0 Å². The molecule has 0 spiro atoms. The van der Waals surface area contributed by atoms with Gasteiger partial charge in [0.05, 0.1) is 7.11 Å². The maximum Gasteiger partial charge on any atom is 0.211 e. The minimum absolute atomic E-state index is 0.658. The summed E-state index contributed by atoms with van der Waals surface area (Å²) in [5, 5.41) is 2.61. The predicted molar refractivity (Wildman–Crippen MR) is 78.7 cm³/mol. The van der Waals surface area contributed by atoms with E-state index in [2.05, 4.69) is 17.4 Å². The maximum atomic E-state index is 10.4. The average Bonchev–Trinajstić information content (AvgIpc) is 2.47. The molecule has 98 valence electrons. The largest absolute Gasteiger partial charge is 0.496 e. The maximum absolute atomic E-state index is 10.4. The van der Waals surface area contributed by atoms with Crippen molar-refractivity contribution in [2.75, 3.05) is 12.4 Å². The van der Waals surface area contributed by atoms with Gasteiger partial charge in [0.15, 0.2) is 0 Å². The van der Waals surface area contributed by atoms with Crippen LogP contribution in [0.5, 0.6) is 5.75 Å². The van der Waals surface area contributed by atoms with E-state index >= 15 is 0 Å². The van der Waals surface area contributed by atoms with E-state index in [4.69, 9.17) is 4.74 Å². The highest BCUT2D eigenvalue weighted by molar-refractivity contribution is 7.98. The molecule has 4 heteroatoms. The first-order valence-electron chi connectivity index (χ1n) is 5.88. The summed E-state index contributed by atoms with van der Waals surface area (Å²) in [6.45, 7) is 0. The fourth-order valence-corrected chi connectivity index (χ4v) is 2.64. The molecule has 1 amide bonds. The quantitative estimate of drug-likeness (QED) is 0.646. The highest BCUT2D eigenvalue weighted by atomic mass is 32.2. The summed E-state index contributed by atoms with van der Waals surface area (Å²) < 4.78 is 5.34. The number of benzene rings is 2. The molecule has 0 unspecified atom stereocenters. The van der Waals surface area contributed by atoms with Crippen LogP contribution in [-0.4, -0.2) is 13.5 Å².